The Bertz CT molecular complexity index is 1200. The van der Waals surface area contributed by atoms with Gasteiger partial charge in [-0.25, -0.2) is 0 Å². The molecule has 0 radical (unpaired) electrons. The van der Waals surface area contributed by atoms with Gasteiger partial charge >= 0.3 is 0 Å². The van der Waals surface area contributed by atoms with Crippen LogP contribution >= 0.6 is 0 Å². The zero-order valence-corrected chi connectivity index (χ0v) is 19.0. The van der Waals surface area contributed by atoms with Crippen LogP contribution in [0.4, 0.5) is 0 Å². The van der Waals surface area contributed by atoms with Gasteiger partial charge in [-0.05, 0) is 85.9 Å². The second-order valence-corrected chi connectivity index (χ2v) is 8.83. The molecule has 2 heterocycles. The van der Waals surface area contributed by atoms with Crippen LogP contribution in [-0.4, -0.2) is 35.3 Å². The molecule has 166 valence electrons. The Kier molecular flexibility index (Phi) is 6.15. The monoisotopic (exact) mass is 436 g/mol. The molecule has 5 rings (SSSR count). The fourth-order valence-electron chi connectivity index (χ4n) is 4.63. The predicted molar refractivity (Wildman–Crippen MR) is 130 cm³/mol. The number of benzene rings is 3. The molecule has 0 bridgehead atoms. The van der Waals surface area contributed by atoms with Crippen molar-refractivity contribution in [2.24, 2.45) is 0 Å². The minimum absolute atomic E-state index is 0.101. The Morgan fingerprint density at radius 3 is 2.42 bits per heavy atom. The number of amides is 1. The largest absolute Gasteiger partial charge is 0.457 e. The van der Waals surface area contributed by atoms with Gasteiger partial charge in [0.2, 0.25) is 0 Å². The normalized spacial score (nSPS) is 15.3. The van der Waals surface area contributed by atoms with Crippen molar-refractivity contribution in [1.82, 2.24) is 9.80 Å². The van der Waals surface area contributed by atoms with E-state index in [1.807, 2.05) is 72.5 Å². The lowest BCUT2D eigenvalue weighted by molar-refractivity contribution is 0.0766. The second kappa shape index (κ2) is 9.52. The van der Waals surface area contributed by atoms with Gasteiger partial charge in [0, 0.05) is 24.2 Å². The van der Waals surface area contributed by atoms with Crippen molar-refractivity contribution < 1.29 is 9.53 Å². The van der Waals surface area contributed by atoms with Crippen LogP contribution in [0.5, 0.6) is 11.5 Å². The number of nitrogens with zero attached hydrogens (tertiary/aromatic N) is 2. The first-order valence-electron chi connectivity index (χ1n) is 11.6. The summed E-state index contributed by atoms with van der Waals surface area (Å²) in [5, 5.41) is 0. The molecule has 33 heavy (non-hydrogen) atoms. The van der Waals surface area contributed by atoms with Gasteiger partial charge in [-0.3, -0.25) is 9.69 Å². The number of carbonyl (C=O) groups is 1. The van der Waals surface area contributed by atoms with E-state index >= 15 is 0 Å². The lowest BCUT2D eigenvalue weighted by Gasteiger charge is -2.16. The number of hydrogen-bond acceptors (Lipinski definition) is 3. The average Bonchev–Trinajstić information content (AvgIpc) is 3.44. The van der Waals surface area contributed by atoms with Gasteiger partial charge in [0.25, 0.3) is 5.91 Å². The summed E-state index contributed by atoms with van der Waals surface area (Å²) in [4.78, 5) is 17.4. The minimum Gasteiger partial charge on any atom is -0.457 e. The van der Waals surface area contributed by atoms with E-state index in [0.717, 1.165) is 59.0 Å². The van der Waals surface area contributed by atoms with Crippen LogP contribution in [0.25, 0.3) is 0 Å². The Balaban J connectivity index is 1.24. The standard InChI is InChI=1S/C29H28N2O2/c1-22-18-24(8-7-17-30-15-5-6-16-30)19-25-21-31(29(32)28(22)25)20-23-11-13-27(14-12-23)33-26-9-3-2-4-10-26/h2-4,9-14,18-19H,5-6,15-17,20-21H2,1H3. The zero-order valence-electron chi connectivity index (χ0n) is 19.0. The van der Waals surface area contributed by atoms with Gasteiger partial charge in [0.1, 0.15) is 11.5 Å². The highest BCUT2D eigenvalue weighted by Gasteiger charge is 2.29. The van der Waals surface area contributed by atoms with Crippen LogP contribution in [0.3, 0.4) is 0 Å². The van der Waals surface area contributed by atoms with Gasteiger partial charge in [-0.15, -0.1) is 0 Å². The molecular weight excluding hydrogens is 408 g/mol. The quantitative estimate of drug-likeness (QED) is 0.503. The third kappa shape index (κ3) is 4.94. The van der Waals surface area contributed by atoms with E-state index in [-0.39, 0.29) is 5.91 Å². The van der Waals surface area contributed by atoms with Gasteiger partial charge in [0.05, 0.1) is 6.54 Å². The van der Waals surface area contributed by atoms with Gasteiger partial charge in [-0.2, -0.15) is 0 Å². The summed E-state index contributed by atoms with van der Waals surface area (Å²) in [7, 11) is 0. The molecule has 3 aromatic rings. The van der Waals surface area contributed by atoms with Crippen molar-refractivity contribution in [3.8, 4) is 23.3 Å². The molecule has 0 N–H and O–H groups in total. The van der Waals surface area contributed by atoms with E-state index in [2.05, 4.69) is 22.8 Å². The molecule has 1 amide bonds. The summed E-state index contributed by atoms with van der Waals surface area (Å²) >= 11 is 0. The Morgan fingerprint density at radius 1 is 0.939 bits per heavy atom. The number of carbonyl (C=O) groups excluding carboxylic acids is 1. The van der Waals surface area contributed by atoms with Crippen LogP contribution in [-0.2, 0) is 13.1 Å². The predicted octanol–water partition coefficient (Wildman–Crippen LogP) is 5.39. The summed E-state index contributed by atoms with van der Waals surface area (Å²) < 4.78 is 5.87. The third-order valence-electron chi connectivity index (χ3n) is 6.29. The Hall–Kier alpha value is -3.55. The second-order valence-electron chi connectivity index (χ2n) is 8.83. The Labute approximate surface area is 195 Å². The first-order chi connectivity index (χ1) is 16.2. The Morgan fingerprint density at radius 2 is 1.67 bits per heavy atom. The molecule has 0 aliphatic carbocycles. The maximum atomic E-state index is 13.1. The fraction of sp³-hybridized carbons (Fsp3) is 0.276. The van der Waals surface area contributed by atoms with E-state index in [4.69, 9.17) is 4.74 Å². The fourth-order valence-corrected chi connectivity index (χ4v) is 4.63. The van der Waals surface area contributed by atoms with Crippen molar-refractivity contribution in [3.63, 3.8) is 0 Å². The van der Waals surface area contributed by atoms with Crippen LogP contribution in [0.15, 0.2) is 66.7 Å². The number of hydrogen-bond donors (Lipinski definition) is 0. The average molecular weight is 437 g/mol. The maximum absolute atomic E-state index is 13.1. The molecule has 4 nitrogen and oxygen atoms in total. The van der Waals surface area contributed by atoms with E-state index in [1.165, 1.54) is 12.8 Å². The van der Waals surface area contributed by atoms with Crippen LogP contribution < -0.4 is 4.74 Å². The molecule has 1 saturated heterocycles. The molecular formula is C29H28N2O2. The van der Waals surface area contributed by atoms with Gasteiger partial charge in [-0.1, -0.05) is 42.2 Å². The maximum Gasteiger partial charge on any atom is 0.255 e. The number of para-hydroxylation sites is 1. The van der Waals surface area contributed by atoms with Crippen molar-refractivity contribution in [2.75, 3.05) is 19.6 Å². The highest BCUT2D eigenvalue weighted by Crippen LogP contribution is 2.29. The SMILES string of the molecule is Cc1cc(C#CCN2CCCC2)cc2c1C(=O)N(Cc1ccc(Oc3ccccc3)cc1)C2. The molecule has 2 aliphatic rings. The first-order valence-corrected chi connectivity index (χ1v) is 11.6. The summed E-state index contributed by atoms with van der Waals surface area (Å²) in [6, 6.07) is 21.8. The molecule has 0 spiro atoms. The van der Waals surface area contributed by atoms with Crippen molar-refractivity contribution in [2.45, 2.75) is 32.9 Å². The minimum atomic E-state index is 0.101. The summed E-state index contributed by atoms with van der Waals surface area (Å²) in [6.07, 6.45) is 2.56. The third-order valence-corrected chi connectivity index (χ3v) is 6.29. The first kappa shape index (κ1) is 21.3. The van der Waals surface area contributed by atoms with Gasteiger partial charge in [0.15, 0.2) is 0 Å². The topological polar surface area (TPSA) is 32.8 Å². The van der Waals surface area contributed by atoms with Crippen LogP contribution in [0, 0.1) is 18.8 Å². The molecule has 1 fully saturated rings. The van der Waals surface area contributed by atoms with Crippen LogP contribution in [0.2, 0.25) is 0 Å². The van der Waals surface area contributed by atoms with Crippen LogP contribution in [0.1, 0.15) is 45.5 Å². The van der Waals surface area contributed by atoms with E-state index in [1.54, 1.807) is 0 Å². The number of likely N-dealkylation sites (tertiary alicyclic amines) is 1. The molecule has 0 saturated carbocycles. The summed E-state index contributed by atoms with van der Waals surface area (Å²) in [6.45, 7) is 6.35. The summed E-state index contributed by atoms with van der Waals surface area (Å²) in [5.74, 6) is 8.32. The van der Waals surface area contributed by atoms with E-state index in [0.29, 0.717) is 13.1 Å². The lowest BCUT2D eigenvalue weighted by Crippen LogP contribution is -2.23. The number of aryl methyl sites for hydroxylation is 1. The molecule has 0 aromatic heterocycles. The molecule has 3 aromatic carbocycles. The molecule has 2 aliphatic heterocycles. The zero-order chi connectivity index (χ0) is 22.6. The lowest BCUT2D eigenvalue weighted by atomic mass is 10.0. The van der Waals surface area contributed by atoms with Crippen molar-refractivity contribution in [1.29, 1.82) is 0 Å². The van der Waals surface area contributed by atoms with Crippen molar-refractivity contribution >= 4 is 5.91 Å². The van der Waals surface area contributed by atoms with Crippen molar-refractivity contribution in [3.05, 3.63) is 94.5 Å². The molecule has 0 atom stereocenters. The van der Waals surface area contributed by atoms with E-state index < -0.39 is 0 Å². The van der Waals surface area contributed by atoms with E-state index in [9.17, 15) is 4.79 Å². The highest BCUT2D eigenvalue weighted by molar-refractivity contribution is 5.99. The molecule has 0 unspecified atom stereocenters. The molecule has 4 heteroatoms. The number of rotatable bonds is 5. The summed E-state index contributed by atoms with van der Waals surface area (Å²) in [5.41, 5.74) is 5.01. The number of fused-ring (bicyclic) bond motifs is 1. The highest BCUT2D eigenvalue weighted by atomic mass is 16.5. The number of ether oxygens (including phenoxy) is 1. The van der Waals surface area contributed by atoms with Gasteiger partial charge < -0.3 is 9.64 Å². The smallest absolute Gasteiger partial charge is 0.255 e.